The van der Waals surface area contributed by atoms with Crippen molar-refractivity contribution in [3.63, 3.8) is 0 Å². The molecule has 198 valence electrons. The predicted molar refractivity (Wildman–Crippen MR) is 167 cm³/mol. The van der Waals surface area contributed by atoms with Crippen LogP contribution in [0, 0.1) is 0 Å². The normalized spacial score (nSPS) is 13.0. The van der Waals surface area contributed by atoms with Crippen LogP contribution < -0.4 is 0 Å². The third-order valence-electron chi connectivity index (χ3n) is 8.03. The molecule has 0 saturated carbocycles. The second-order valence-corrected chi connectivity index (χ2v) is 11.0. The van der Waals surface area contributed by atoms with Gasteiger partial charge in [-0.05, 0) is 51.0 Å². The molecule has 7 aromatic rings. The molecule has 0 fully saturated rings. The molecule has 8 rings (SSSR count). The highest BCUT2D eigenvalue weighted by Crippen LogP contribution is 2.56. The molecule has 0 aliphatic heterocycles. The molecule has 5 aromatic carbocycles. The Kier molecular flexibility index (Phi) is 5.79. The van der Waals surface area contributed by atoms with Crippen LogP contribution in [0.2, 0.25) is 0 Å². The average molecular weight is 558 g/mol. The summed E-state index contributed by atoms with van der Waals surface area (Å²) in [6.07, 6.45) is 3.01. The number of hydrogen-bond donors (Lipinski definition) is 0. The minimum absolute atomic E-state index is 0.409. The van der Waals surface area contributed by atoms with Crippen molar-refractivity contribution in [1.29, 1.82) is 0 Å². The lowest BCUT2D eigenvalue weighted by molar-refractivity contribution is 0.768. The maximum absolute atomic E-state index is 4.95. The van der Waals surface area contributed by atoms with Crippen LogP contribution in [0.25, 0.3) is 44.5 Å². The van der Waals surface area contributed by atoms with E-state index >= 15 is 0 Å². The molecule has 2 heterocycles. The zero-order valence-corrected chi connectivity index (χ0v) is 23.2. The van der Waals surface area contributed by atoms with E-state index < -0.39 is 5.41 Å². The Balaban J connectivity index is 1.23. The van der Waals surface area contributed by atoms with Crippen LogP contribution in [0.5, 0.6) is 0 Å². The van der Waals surface area contributed by atoms with Crippen molar-refractivity contribution in [2.24, 2.45) is 0 Å². The van der Waals surface area contributed by atoms with Crippen molar-refractivity contribution < 1.29 is 0 Å². The van der Waals surface area contributed by atoms with Gasteiger partial charge in [0.05, 0.1) is 5.41 Å². The highest BCUT2D eigenvalue weighted by molar-refractivity contribution is 7.09. The van der Waals surface area contributed by atoms with Gasteiger partial charge in [0.25, 0.3) is 0 Å². The fourth-order valence-corrected chi connectivity index (χ4v) is 6.88. The van der Waals surface area contributed by atoms with E-state index in [2.05, 4.69) is 118 Å². The summed E-state index contributed by atoms with van der Waals surface area (Å²) in [5, 5.41) is 0.871. The van der Waals surface area contributed by atoms with Crippen molar-refractivity contribution in [2.45, 2.75) is 5.41 Å². The molecule has 0 atom stereocenters. The Morgan fingerprint density at radius 3 is 1.81 bits per heavy atom. The van der Waals surface area contributed by atoms with Gasteiger partial charge in [-0.15, -0.1) is 0 Å². The first-order valence-corrected chi connectivity index (χ1v) is 14.5. The molecule has 42 heavy (non-hydrogen) atoms. The van der Waals surface area contributed by atoms with Crippen molar-refractivity contribution in [2.75, 3.05) is 0 Å². The lowest BCUT2D eigenvalue weighted by Crippen LogP contribution is -2.28. The highest BCUT2D eigenvalue weighted by atomic mass is 32.1. The van der Waals surface area contributed by atoms with Gasteiger partial charge in [0.2, 0.25) is 0 Å². The molecule has 0 bridgehead atoms. The summed E-state index contributed by atoms with van der Waals surface area (Å²) < 4.78 is 4.78. The molecule has 0 saturated heterocycles. The summed E-state index contributed by atoms with van der Waals surface area (Å²) in [5.41, 5.74) is 10.1. The predicted octanol–water partition coefficient (Wildman–Crippen LogP) is 8.09. The van der Waals surface area contributed by atoms with E-state index in [0.717, 1.165) is 27.5 Å². The number of hydrogen-bond acceptors (Lipinski definition) is 6. The number of rotatable bonds is 5. The molecule has 6 heteroatoms. The first-order valence-electron chi connectivity index (χ1n) is 13.7. The summed E-state index contributed by atoms with van der Waals surface area (Å²) in [5.74, 6) is 1.38. The van der Waals surface area contributed by atoms with Crippen molar-refractivity contribution in [1.82, 2.24) is 24.3 Å². The first-order chi connectivity index (χ1) is 20.8. The molecule has 0 amide bonds. The Labute approximate surface area is 247 Å². The molecule has 0 radical (unpaired) electrons. The van der Waals surface area contributed by atoms with E-state index in [4.69, 9.17) is 9.36 Å². The number of fused-ring (bicyclic) bond motifs is 3. The minimum atomic E-state index is -0.409. The van der Waals surface area contributed by atoms with Gasteiger partial charge in [0.15, 0.2) is 11.6 Å². The lowest BCUT2D eigenvalue weighted by Gasteiger charge is -2.33. The topological polar surface area (TPSA) is 64.5 Å². The van der Waals surface area contributed by atoms with Gasteiger partial charge in [-0.3, -0.25) is 0 Å². The second-order valence-electron chi connectivity index (χ2n) is 10.3. The molecule has 5 nitrogen and oxygen atoms in total. The molecular formula is C36H23N5S. The van der Waals surface area contributed by atoms with Gasteiger partial charge >= 0.3 is 0 Å². The quantitative estimate of drug-likeness (QED) is 0.214. The van der Waals surface area contributed by atoms with E-state index in [1.54, 1.807) is 0 Å². The van der Waals surface area contributed by atoms with Crippen LogP contribution in [0.1, 0.15) is 22.3 Å². The van der Waals surface area contributed by atoms with Gasteiger partial charge in [-0.25, -0.2) is 19.9 Å². The molecule has 0 N–H and O–H groups in total. The highest BCUT2D eigenvalue weighted by Gasteiger charge is 2.45. The smallest absolute Gasteiger partial charge is 0.173 e. The molecule has 1 aliphatic rings. The first kappa shape index (κ1) is 24.5. The Morgan fingerprint density at radius 2 is 1.10 bits per heavy atom. The molecule has 2 aromatic heterocycles. The summed E-state index contributed by atoms with van der Waals surface area (Å²) >= 11 is 1.41. The lowest BCUT2D eigenvalue weighted by atomic mass is 9.67. The zero-order chi connectivity index (χ0) is 27.9. The van der Waals surface area contributed by atoms with Crippen LogP contribution in [-0.4, -0.2) is 24.3 Å². The van der Waals surface area contributed by atoms with Gasteiger partial charge in [-0.2, -0.15) is 4.37 Å². The fourth-order valence-electron chi connectivity index (χ4n) is 6.20. The minimum Gasteiger partial charge on any atom is -0.225 e. The van der Waals surface area contributed by atoms with Crippen molar-refractivity contribution in [3.8, 4) is 44.5 Å². The molecule has 0 spiro atoms. The zero-order valence-electron chi connectivity index (χ0n) is 22.4. The Morgan fingerprint density at radius 1 is 0.500 bits per heavy atom. The molecular weight excluding hydrogens is 534 g/mol. The number of aromatic nitrogens is 5. The van der Waals surface area contributed by atoms with E-state index in [-0.39, 0.29) is 0 Å². The van der Waals surface area contributed by atoms with E-state index in [1.807, 2.05) is 24.3 Å². The van der Waals surface area contributed by atoms with Gasteiger partial charge in [0.1, 0.15) is 17.7 Å². The van der Waals surface area contributed by atoms with E-state index in [0.29, 0.717) is 5.82 Å². The average Bonchev–Trinajstić information content (AvgIpc) is 3.68. The number of nitrogens with zero attached hydrogens (tertiary/aromatic N) is 5. The van der Waals surface area contributed by atoms with Crippen LogP contribution in [-0.2, 0) is 5.41 Å². The maximum atomic E-state index is 4.95. The van der Waals surface area contributed by atoms with E-state index in [9.17, 15) is 0 Å². The SMILES string of the molecule is c1ccc(C2(c3ccccc3)c3ccccc3-c3cc(-c4nsc(-c5ccc(-c6ncncn6)cc5)n4)ccc32)cc1. The van der Waals surface area contributed by atoms with Crippen LogP contribution in [0.4, 0.5) is 0 Å². The van der Waals surface area contributed by atoms with Crippen LogP contribution in [0.3, 0.4) is 0 Å². The van der Waals surface area contributed by atoms with Gasteiger partial charge in [0, 0.05) is 16.7 Å². The monoisotopic (exact) mass is 557 g/mol. The second kappa shape index (κ2) is 9.94. The molecule has 0 unspecified atom stereocenters. The third-order valence-corrected chi connectivity index (χ3v) is 8.79. The van der Waals surface area contributed by atoms with Gasteiger partial charge < -0.3 is 0 Å². The van der Waals surface area contributed by atoms with Gasteiger partial charge in [-0.1, -0.05) is 121 Å². The summed E-state index contributed by atoms with van der Waals surface area (Å²) in [6, 6.07) is 45.2. The summed E-state index contributed by atoms with van der Waals surface area (Å²) in [7, 11) is 0. The maximum Gasteiger partial charge on any atom is 0.173 e. The summed E-state index contributed by atoms with van der Waals surface area (Å²) in [6.45, 7) is 0. The Hall–Kier alpha value is -5.33. The standard InChI is InChI=1S/C36H23N5S/c1-3-9-27(10-4-1)36(28-11-5-2-6-12-28)31-14-8-7-13-29(31)30-21-26(19-20-32(30)36)34-40-35(42-41-34)25-17-15-24(16-18-25)33-38-22-37-23-39-33/h1-23H. The Bertz CT molecular complexity index is 1980. The molecule has 1 aliphatic carbocycles. The largest absolute Gasteiger partial charge is 0.225 e. The summed E-state index contributed by atoms with van der Waals surface area (Å²) in [4.78, 5) is 17.3. The van der Waals surface area contributed by atoms with E-state index in [1.165, 1.54) is 57.6 Å². The van der Waals surface area contributed by atoms with Crippen molar-refractivity contribution >= 4 is 11.5 Å². The third kappa shape index (κ3) is 3.80. The van der Waals surface area contributed by atoms with Crippen molar-refractivity contribution in [3.05, 3.63) is 162 Å². The van der Waals surface area contributed by atoms with Crippen LogP contribution >= 0.6 is 11.5 Å². The van der Waals surface area contributed by atoms with Crippen LogP contribution in [0.15, 0.2) is 140 Å². The fraction of sp³-hybridized carbons (Fsp3) is 0.0278. The number of benzene rings is 5.